The van der Waals surface area contributed by atoms with Crippen LogP contribution in [0.15, 0.2) is 212 Å². The predicted molar refractivity (Wildman–Crippen MR) is 242 cm³/mol. The van der Waals surface area contributed by atoms with Crippen LogP contribution in [-0.4, -0.2) is 15.0 Å². The van der Waals surface area contributed by atoms with Crippen LogP contribution in [0.5, 0.6) is 0 Å². The van der Waals surface area contributed by atoms with Crippen molar-refractivity contribution in [3.05, 3.63) is 212 Å². The second kappa shape index (κ2) is 14.1. The minimum Gasteiger partial charge on any atom is -0.208 e. The van der Waals surface area contributed by atoms with Gasteiger partial charge in [-0.25, -0.2) is 15.0 Å². The van der Waals surface area contributed by atoms with Gasteiger partial charge in [0.2, 0.25) is 0 Å². The molecular formula is C55H35N3. The molecule has 11 rings (SSSR count). The monoisotopic (exact) mass is 737 g/mol. The van der Waals surface area contributed by atoms with Crippen LogP contribution in [0.2, 0.25) is 0 Å². The number of fused-ring (bicyclic) bond motifs is 5. The van der Waals surface area contributed by atoms with Crippen LogP contribution >= 0.6 is 0 Å². The second-order valence-electron chi connectivity index (χ2n) is 14.7. The first-order valence-electron chi connectivity index (χ1n) is 19.7. The predicted octanol–water partition coefficient (Wildman–Crippen LogP) is 14.5. The number of hydrogen-bond acceptors (Lipinski definition) is 3. The van der Waals surface area contributed by atoms with E-state index in [4.69, 9.17) is 15.0 Å². The third-order valence-electron chi connectivity index (χ3n) is 11.3. The molecule has 3 nitrogen and oxygen atoms in total. The lowest BCUT2D eigenvalue weighted by molar-refractivity contribution is 1.08. The first-order valence-corrected chi connectivity index (χ1v) is 19.7. The second-order valence-corrected chi connectivity index (χ2v) is 14.7. The smallest absolute Gasteiger partial charge is 0.165 e. The third kappa shape index (κ3) is 5.64. The summed E-state index contributed by atoms with van der Waals surface area (Å²) < 4.78 is 0. The molecule has 270 valence electrons. The molecule has 0 spiro atoms. The fraction of sp³-hybridized carbons (Fsp3) is 0. The largest absolute Gasteiger partial charge is 0.208 e. The highest BCUT2D eigenvalue weighted by molar-refractivity contribution is 6.28. The van der Waals surface area contributed by atoms with E-state index in [2.05, 4.69) is 200 Å². The molecule has 0 saturated heterocycles. The summed E-state index contributed by atoms with van der Waals surface area (Å²) in [5.41, 5.74) is 9.62. The van der Waals surface area contributed by atoms with Crippen LogP contribution in [0.25, 0.3) is 111 Å². The molecular weight excluding hydrogens is 703 g/mol. The van der Waals surface area contributed by atoms with Gasteiger partial charge in [-0.1, -0.05) is 212 Å². The van der Waals surface area contributed by atoms with Gasteiger partial charge in [0.25, 0.3) is 0 Å². The molecule has 0 N–H and O–H groups in total. The Bertz CT molecular complexity index is 3230. The van der Waals surface area contributed by atoms with Crippen molar-refractivity contribution >= 4 is 43.1 Å². The van der Waals surface area contributed by atoms with Gasteiger partial charge in [0, 0.05) is 22.1 Å². The first kappa shape index (κ1) is 33.6. The highest BCUT2D eigenvalue weighted by Gasteiger charge is 2.24. The number of aromatic nitrogens is 3. The molecule has 1 heterocycles. The summed E-state index contributed by atoms with van der Waals surface area (Å²) in [5, 5.41) is 9.26. The van der Waals surface area contributed by atoms with Crippen LogP contribution in [0, 0.1) is 0 Å². The van der Waals surface area contributed by atoms with Crippen molar-refractivity contribution < 1.29 is 0 Å². The zero-order valence-corrected chi connectivity index (χ0v) is 31.5. The van der Waals surface area contributed by atoms with Gasteiger partial charge in [-0.3, -0.25) is 0 Å². The summed E-state index contributed by atoms with van der Waals surface area (Å²) in [7, 11) is 0. The van der Waals surface area contributed by atoms with Gasteiger partial charge >= 0.3 is 0 Å². The summed E-state index contributed by atoms with van der Waals surface area (Å²) in [6, 6.07) is 75.2. The Labute approximate surface area is 336 Å². The molecule has 0 radical (unpaired) electrons. The highest BCUT2D eigenvalue weighted by Crippen LogP contribution is 2.47. The number of benzene rings is 10. The van der Waals surface area contributed by atoms with Gasteiger partial charge in [-0.05, 0) is 71.1 Å². The summed E-state index contributed by atoms with van der Waals surface area (Å²) >= 11 is 0. The summed E-state index contributed by atoms with van der Waals surface area (Å²) in [4.78, 5) is 16.4. The van der Waals surface area contributed by atoms with E-state index in [0.29, 0.717) is 17.5 Å². The van der Waals surface area contributed by atoms with Crippen molar-refractivity contribution in [3.63, 3.8) is 0 Å². The average Bonchev–Trinajstić information content (AvgIpc) is 3.31. The molecule has 0 aliphatic carbocycles. The number of rotatable bonds is 6. The molecule has 0 atom stereocenters. The zero-order valence-electron chi connectivity index (χ0n) is 31.5. The van der Waals surface area contributed by atoms with Gasteiger partial charge in [-0.2, -0.15) is 0 Å². The lowest BCUT2D eigenvalue weighted by Gasteiger charge is -2.20. The summed E-state index contributed by atoms with van der Waals surface area (Å²) in [6.45, 7) is 0. The maximum atomic E-state index is 5.53. The summed E-state index contributed by atoms with van der Waals surface area (Å²) in [5.74, 6) is 1.88. The Morgan fingerprint density at radius 2 is 0.638 bits per heavy atom. The third-order valence-corrected chi connectivity index (χ3v) is 11.3. The maximum absolute atomic E-state index is 5.53. The highest BCUT2D eigenvalue weighted by atomic mass is 15.0. The number of nitrogens with zero attached hydrogens (tertiary/aromatic N) is 3. The van der Waals surface area contributed by atoms with Gasteiger partial charge in [0.05, 0.1) is 0 Å². The first-order chi connectivity index (χ1) is 28.8. The van der Waals surface area contributed by atoms with Crippen molar-refractivity contribution in [3.8, 4) is 67.5 Å². The molecule has 0 unspecified atom stereocenters. The minimum atomic E-state index is 0.623. The zero-order chi connectivity index (χ0) is 38.4. The van der Waals surface area contributed by atoms with E-state index in [9.17, 15) is 0 Å². The van der Waals surface area contributed by atoms with E-state index in [1.165, 1.54) is 21.9 Å². The fourth-order valence-electron chi connectivity index (χ4n) is 8.74. The van der Waals surface area contributed by atoms with Crippen molar-refractivity contribution in [2.24, 2.45) is 0 Å². The molecule has 0 amide bonds. The minimum absolute atomic E-state index is 0.623. The lowest BCUT2D eigenvalue weighted by Crippen LogP contribution is -2.03. The van der Waals surface area contributed by atoms with Gasteiger partial charge in [0.1, 0.15) is 0 Å². The van der Waals surface area contributed by atoms with Gasteiger partial charge in [-0.15, -0.1) is 0 Å². The van der Waals surface area contributed by atoms with Gasteiger partial charge < -0.3 is 0 Å². The SMILES string of the molecule is c1ccc(-c2ccccc2-c2nc(-c3ccccc3-c3ccccc3)nc(-c3c4ccccc4c(-c4cccc5ccccc45)c4ccc5ccccc5c34)n2)cc1. The van der Waals surface area contributed by atoms with Crippen molar-refractivity contribution in [2.75, 3.05) is 0 Å². The van der Waals surface area contributed by atoms with E-state index >= 15 is 0 Å². The summed E-state index contributed by atoms with van der Waals surface area (Å²) in [6.07, 6.45) is 0. The standard InChI is InChI=1S/C55H35N3/c1-3-18-36(19-4-1)41-26-11-15-31-47(41)53-56-54(48-32-16-12-27-42(48)37-20-5-2-6-21-37)58-55(57-53)52-46-30-14-13-29-45(46)50(44-33-17-24-38-22-7-9-25-40(38)44)49-35-34-39-23-8-10-28-43(39)51(49)52/h1-35H. The average molecular weight is 738 g/mol. The Kier molecular flexibility index (Phi) is 8.15. The molecule has 0 bridgehead atoms. The van der Waals surface area contributed by atoms with Gasteiger partial charge in [0.15, 0.2) is 17.5 Å². The fourth-order valence-corrected chi connectivity index (χ4v) is 8.74. The molecule has 10 aromatic carbocycles. The molecule has 1 aromatic heterocycles. The van der Waals surface area contributed by atoms with Crippen LogP contribution in [0.4, 0.5) is 0 Å². The van der Waals surface area contributed by atoms with E-state index in [1.807, 2.05) is 12.1 Å². The van der Waals surface area contributed by atoms with E-state index in [-0.39, 0.29) is 0 Å². The van der Waals surface area contributed by atoms with E-state index < -0.39 is 0 Å². The van der Waals surface area contributed by atoms with Crippen molar-refractivity contribution in [2.45, 2.75) is 0 Å². The molecule has 0 aliphatic heterocycles. The molecule has 0 saturated carbocycles. The van der Waals surface area contributed by atoms with E-state index in [1.54, 1.807) is 0 Å². The quantitative estimate of drug-likeness (QED) is 0.126. The lowest BCUT2D eigenvalue weighted by atomic mass is 9.84. The molecule has 0 aliphatic rings. The Morgan fingerprint density at radius 3 is 1.24 bits per heavy atom. The van der Waals surface area contributed by atoms with Crippen LogP contribution in [0.3, 0.4) is 0 Å². The number of hydrogen-bond donors (Lipinski definition) is 0. The van der Waals surface area contributed by atoms with E-state index in [0.717, 1.165) is 71.3 Å². The van der Waals surface area contributed by atoms with Crippen LogP contribution in [0.1, 0.15) is 0 Å². The topological polar surface area (TPSA) is 38.7 Å². The Balaban J connectivity index is 1.29. The molecule has 3 heteroatoms. The molecule has 0 fully saturated rings. The Hall–Kier alpha value is -7.75. The molecule has 11 aromatic rings. The Morgan fingerprint density at radius 1 is 0.224 bits per heavy atom. The normalized spacial score (nSPS) is 11.4. The van der Waals surface area contributed by atoms with Crippen molar-refractivity contribution in [1.82, 2.24) is 15.0 Å². The maximum Gasteiger partial charge on any atom is 0.165 e. The van der Waals surface area contributed by atoms with Crippen LogP contribution in [-0.2, 0) is 0 Å². The molecule has 58 heavy (non-hydrogen) atoms. The van der Waals surface area contributed by atoms with Crippen LogP contribution < -0.4 is 0 Å². The van der Waals surface area contributed by atoms with Crippen molar-refractivity contribution in [1.29, 1.82) is 0 Å².